The largest absolute Gasteiger partial charge is 0.508 e. The highest BCUT2D eigenvalue weighted by atomic mass is 16.5. The third-order valence-corrected chi connectivity index (χ3v) is 8.88. The van der Waals surface area contributed by atoms with E-state index in [9.17, 15) is 9.90 Å². The molecule has 1 amide bonds. The smallest absolute Gasteiger partial charge is 0.209 e. The lowest BCUT2D eigenvalue weighted by molar-refractivity contribution is -0.117. The molecular weight excluding hydrogens is 570 g/mol. The second kappa shape index (κ2) is 16.1. The van der Waals surface area contributed by atoms with Gasteiger partial charge in [0.1, 0.15) is 11.5 Å². The first kappa shape index (κ1) is 32.8. The Morgan fingerprint density at radius 3 is 2.17 bits per heavy atom. The summed E-state index contributed by atoms with van der Waals surface area (Å²) in [6.07, 6.45) is 3.89. The fourth-order valence-corrected chi connectivity index (χ4v) is 6.21. The summed E-state index contributed by atoms with van der Waals surface area (Å²) < 4.78 is 6.15. The molecule has 4 aromatic carbocycles. The Bertz CT molecular complexity index is 1570. The fraction of sp³-hybridized carbons (Fsp3) is 0.325. The molecule has 0 bridgehead atoms. The summed E-state index contributed by atoms with van der Waals surface area (Å²) in [4.78, 5) is 17.8. The number of piperazine rings is 1. The highest BCUT2D eigenvalue weighted by Gasteiger charge is 2.18. The number of anilines is 1. The minimum absolute atomic E-state index is 0.268. The van der Waals surface area contributed by atoms with Crippen LogP contribution >= 0.6 is 0 Å². The number of ether oxygens (including phenoxy) is 1. The van der Waals surface area contributed by atoms with Gasteiger partial charge in [0.2, 0.25) is 6.41 Å². The van der Waals surface area contributed by atoms with E-state index in [1.807, 2.05) is 25.2 Å². The number of unbranched alkanes of at least 4 members (excludes halogenated alkanes) is 1. The van der Waals surface area contributed by atoms with Crippen molar-refractivity contribution in [3.8, 4) is 11.5 Å². The van der Waals surface area contributed by atoms with Crippen molar-refractivity contribution in [1.82, 2.24) is 9.80 Å². The Labute approximate surface area is 274 Å². The number of rotatable bonds is 14. The molecule has 46 heavy (non-hydrogen) atoms. The van der Waals surface area contributed by atoms with Gasteiger partial charge in [-0.25, -0.2) is 0 Å². The molecule has 0 aromatic heterocycles. The summed E-state index contributed by atoms with van der Waals surface area (Å²) in [5.74, 6) is 1.15. The van der Waals surface area contributed by atoms with Crippen molar-refractivity contribution in [1.29, 1.82) is 0 Å². The maximum atomic E-state index is 11.1. The fourth-order valence-electron chi connectivity index (χ4n) is 6.21. The highest BCUT2D eigenvalue weighted by molar-refractivity contribution is 5.98. The van der Waals surface area contributed by atoms with Crippen molar-refractivity contribution in [3.05, 3.63) is 125 Å². The Morgan fingerprint density at radius 1 is 0.848 bits per heavy atom. The predicted molar refractivity (Wildman–Crippen MR) is 189 cm³/mol. The van der Waals surface area contributed by atoms with Crippen LogP contribution in [0.3, 0.4) is 0 Å². The predicted octanol–water partition coefficient (Wildman–Crippen LogP) is 7.64. The number of amides is 1. The lowest BCUT2D eigenvalue weighted by Crippen LogP contribution is -2.46. The van der Waals surface area contributed by atoms with Crippen LogP contribution in [0.1, 0.15) is 54.0 Å². The highest BCUT2D eigenvalue weighted by Crippen LogP contribution is 2.35. The van der Waals surface area contributed by atoms with Crippen LogP contribution < -0.4 is 9.64 Å². The number of carbonyl (C=O) groups is 1. The molecule has 1 saturated heterocycles. The molecule has 0 aliphatic carbocycles. The van der Waals surface area contributed by atoms with Gasteiger partial charge in [0.05, 0.1) is 6.61 Å². The van der Waals surface area contributed by atoms with Crippen LogP contribution in [-0.2, 0) is 11.3 Å². The molecule has 1 fully saturated rings. The molecule has 1 aliphatic rings. The summed E-state index contributed by atoms with van der Waals surface area (Å²) in [6, 6.07) is 33.1. The normalized spacial score (nSPS) is 14.1. The summed E-state index contributed by atoms with van der Waals surface area (Å²) in [5, 5.41) is 9.90. The minimum atomic E-state index is 0.268. The van der Waals surface area contributed by atoms with Crippen LogP contribution in [0.15, 0.2) is 97.1 Å². The quantitative estimate of drug-likeness (QED) is 0.0896. The number of carbonyl (C=O) groups excluding carboxylic acids is 1. The topological polar surface area (TPSA) is 56.3 Å². The molecular formula is C40H47N3O3. The Hall–Kier alpha value is -4.55. The molecule has 4 aromatic rings. The van der Waals surface area contributed by atoms with Gasteiger partial charge in [0.25, 0.3) is 0 Å². The summed E-state index contributed by atoms with van der Waals surface area (Å²) in [5.41, 5.74) is 9.54. The second-order valence-corrected chi connectivity index (χ2v) is 12.2. The van der Waals surface area contributed by atoms with Crippen molar-refractivity contribution in [3.63, 3.8) is 0 Å². The van der Waals surface area contributed by atoms with Crippen LogP contribution in [0, 0.1) is 6.92 Å². The van der Waals surface area contributed by atoms with Gasteiger partial charge in [-0.1, -0.05) is 67.6 Å². The van der Waals surface area contributed by atoms with Gasteiger partial charge in [0, 0.05) is 45.5 Å². The van der Waals surface area contributed by atoms with Crippen LogP contribution in [0.4, 0.5) is 5.69 Å². The summed E-state index contributed by atoms with van der Waals surface area (Å²) in [6.45, 7) is 10.9. The van der Waals surface area contributed by atoms with E-state index in [-0.39, 0.29) is 5.75 Å². The van der Waals surface area contributed by atoms with Crippen molar-refractivity contribution >= 4 is 23.2 Å². The minimum Gasteiger partial charge on any atom is -0.508 e. The van der Waals surface area contributed by atoms with Gasteiger partial charge in [-0.05, 0) is 108 Å². The number of benzene rings is 4. The van der Waals surface area contributed by atoms with E-state index in [1.165, 1.54) is 33.5 Å². The molecule has 0 unspecified atom stereocenters. The van der Waals surface area contributed by atoms with Crippen molar-refractivity contribution in [2.24, 2.45) is 0 Å². The third kappa shape index (κ3) is 8.58. The Balaban J connectivity index is 1.11. The molecule has 0 atom stereocenters. The number of hydrogen-bond donors (Lipinski definition) is 1. The molecule has 6 heteroatoms. The first-order chi connectivity index (χ1) is 22.4. The lowest BCUT2D eigenvalue weighted by Gasteiger charge is -2.36. The van der Waals surface area contributed by atoms with Crippen molar-refractivity contribution < 1.29 is 14.6 Å². The molecule has 6 nitrogen and oxygen atoms in total. The van der Waals surface area contributed by atoms with Gasteiger partial charge in [-0.15, -0.1) is 0 Å². The number of nitrogens with zero attached hydrogens (tertiary/aromatic N) is 3. The third-order valence-electron chi connectivity index (χ3n) is 8.88. The van der Waals surface area contributed by atoms with Gasteiger partial charge in [0.15, 0.2) is 0 Å². The van der Waals surface area contributed by atoms with Crippen molar-refractivity contribution in [2.75, 3.05) is 51.3 Å². The molecule has 0 saturated carbocycles. The van der Waals surface area contributed by atoms with Gasteiger partial charge >= 0.3 is 0 Å². The van der Waals surface area contributed by atoms with Crippen LogP contribution in [0.2, 0.25) is 0 Å². The van der Waals surface area contributed by atoms with E-state index < -0.39 is 0 Å². The first-order valence-corrected chi connectivity index (χ1v) is 16.5. The zero-order valence-corrected chi connectivity index (χ0v) is 27.5. The number of hydrogen-bond acceptors (Lipinski definition) is 5. The van der Waals surface area contributed by atoms with E-state index in [4.69, 9.17) is 4.74 Å². The lowest BCUT2D eigenvalue weighted by atomic mass is 9.88. The Kier molecular flexibility index (Phi) is 11.5. The van der Waals surface area contributed by atoms with Crippen molar-refractivity contribution in [2.45, 2.75) is 39.7 Å². The van der Waals surface area contributed by atoms with E-state index >= 15 is 0 Å². The standard InChI is InChI=1S/C40H47N3O3/c1-4-39(32-10-6-5-7-11-32)40(33-13-18-37(45)19-14-33)34-15-20-38(21-16-34)46-27-9-8-22-42-23-25-43(26-24-42)36-17-12-31(2)35(28-36)29-41(3)30-44/h5-7,10-21,28,30,45H,4,8-9,22-27,29H2,1-3H3/b40-39-. The maximum Gasteiger partial charge on any atom is 0.209 e. The van der Waals surface area contributed by atoms with Gasteiger partial charge in [-0.3, -0.25) is 9.69 Å². The molecule has 1 N–H and O–H groups in total. The number of allylic oxidation sites excluding steroid dienone is 1. The average Bonchev–Trinajstić information content (AvgIpc) is 3.09. The SMILES string of the molecule is CC/C(=C(\c1ccc(O)cc1)c1ccc(OCCCCN2CCN(c3ccc(C)c(CN(C)C=O)c3)CC2)cc1)c1ccccc1. The zero-order valence-electron chi connectivity index (χ0n) is 27.5. The van der Waals surface area contributed by atoms with E-state index in [0.29, 0.717) is 13.2 Å². The molecule has 1 aliphatic heterocycles. The Morgan fingerprint density at radius 2 is 1.52 bits per heavy atom. The monoisotopic (exact) mass is 617 g/mol. The number of phenolic OH excluding ortho intramolecular Hbond substituents is 1. The van der Waals surface area contributed by atoms with E-state index in [2.05, 4.69) is 90.4 Å². The summed E-state index contributed by atoms with van der Waals surface area (Å²) in [7, 11) is 1.82. The number of phenols is 1. The summed E-state index contributed by atoms with van der Waals surface area (Å²) >= 11 is 0. The average molecular weight is 618 g/mol. The zero-order chi connectivity index (χ0) is 32.3. The van der Waals surface area contributed by atoms with Crippen LogP contribution in [-0.4, -0.2) is 67.7 Å². The maximum absolute atomic E-state index is 11.1. The second-order valence-electron chi connectivity index (χ2n) is 12.2. The molecule has 240 valence electrons. The molecule has 1 heterocycles. The first-order valence-electron chi connectivity index (χ1n) is 16.5. The van der Waals surface area contributed by atoms with Crippen LogP contribution in [0.5, 0.6) is 11.5 Å². The van der Waals surface area contributed by atoms with Crippen LogP contribution in [0.25, 0.3) is 11.1 Å². The molecule has 0 spiro atoms. The van der Waals surface area contributed by atoms with E-state index in [1.54, 1.807) is 17.0 Å². The van der Waals surface area contributed by atoms with Gasteiger partial charge < -0.3 is 19.6 Å². The van der Waals surface area contributed by atoms with E-state index in [0.717, 1.165) is 75.3 Å². The molecule has 0 radical (unpaired) electrons. The number of aromatic hydroxyl groups is 1. The number of aryl methyl sites for hydroxylation is 1. The molecule has 5 rings (SSSR count). The van der Waals surface area contributed by atoms with Gasteiger partial charge in [-0.2, -0.15) is 0 Å².